The second-order valence-electron chi connectivity index (χ2n) is 11.0. The minimum Gasteiger partial charge on any atom is -0.504 e. The third kappa shape index (κ3) is 2.89. The first-order chi connectivity index (χ1) is 16.7. The summed E-state index contributed by atoms with van der Waals surface area (Å²) in [6.45, 7) is 4.92. The second-order valence-corrected chi connectivity index (χ2v) is 11.0. The Bertz CT molecular complexity index is 1300. The number of aromatic hydroxyl groups is 1. The summed E-state index contributed by atoms with van der Waals surface area (Å²) in [6, 6.07) is 11.2. The van der Waals surface area contributed by atoms with Gasteiger partial charge < -0.3 is 24.7 Å². The molecule has 6 nitrogen and oxygen atoms in total. The summed E-state index contributed by atoms with van der Waals surface area (Å²) in [5.74, 6) is 6.14. The van der Waals surface area contributed by atoms with Crippen molar-refractivity contribution in [1.29, 1.82) is 0 Å². The SMILES string of the molecule is Cc1cccc(C#CC(=O)N(C)[C@@H]2[C@@H](C)C[C@@]3(O)[C@H]4Cc5ccc(O)c6c5[C@@]3(CCN4C)[C@H]2O6)c1. The van der Waals surface area contributed by atoms with E-state index < -0.39 is 17.1 Å². The van der Waals surface area contributed by atoms with Gasteiger partial charge in [0.15, 0.2) is 11.5 Å². The van der Waals surface area contributed by atoms with Crippen molar-refractivity contribution in [3.05, 3.63) is 58.7 Å². The van der Waals surface area contributed by atoms with Crippen LogP contribution >= 0.6 is 0 Å². The Morgan fingerprint density at radius 3 is 2.86 bits per heavy atom. The van der Waals surface area contributed by atoms with Gasteiger partial charge in [-0.25, -0.2) is 0 Å². The molecule has 2 N–H and O–H groups in total. The summed E-state index contributed by atoms with van der Waals surface area (Å²) in [7, 11) is 3.87. The average molecular weight is 473 g/mol. The van der Waals surface area contributed by atoms with Crippen molar-refractivity contribution >= 4 is 5.91 Å². The Hall–Kier alpha value is -3.01. The molecular formula is C29H32N2O4. The number of aliphatic hydroxyl groups is 1. The molecule has 2 aliphatic carbocycles. The molecule has 2 aromatic carbocycles. The van der Waals surface area contributed by atoms with Crippen LogP contribution in [0.3, 0.4) is 0 Å². The van der Waals surface area contributed by atoms with Crippen LogP contribution in [0.2, 0.25) is 0 Å². The van der Waals surface area contributed by atoms with Crippen molar-refractivity contribution in [2.75, 3.05) is 20.6 Å². The van der Waals surface area contributed by atoms with Gasteiger partial charge >= 0.3 is 0 Å². The molecule has 2 aliphatic heterocycles. The summed E-state index contributed by atoms with van der Waals surface area (Å²) in [5, 5.41) is 23.2. The second kappa shape index (κ2) is 7.49. The van der Waals surface area contributed by atoms with Crippen molar-refractivity contribution in [2.24, 2.45) is 5.92 Å². The number of carbonyl (C=O) groups is 1. The fraction of sp³-hybridized carbons (Fsp3) is 0.483. The van der Waals surface area contributed by atoms with E-state index in [0.29, 0.717) is 18.6 Å². The number of amides is 1. The molecular weight excluding hydrogens is 440 g/mol. The molecule has 1 saturated carbocycles. The average Bonchev–Trinajstić information content (AvgIpc) is 3.16. The molecule has 6 heteroatoms. The van der Waals surface area contributed by atoms with E-state index in [0.717, 1.165) is 35.2 Å². The molecule has 1 spiro atoms. The maximum atomic E-state index is 13.3. The van der Waals surface area contributed by atoms with Crippen LogP contribution in [-0.4, -0.2) is 70.3 Å². The summed E-state index contributed by atoms with van der Waals surface area (Å²) in [4.78, 5) is 17.3. The molecule has 1 saturated heterocycles. The van der Waals surface area contributed by atoms with E-state index in [1.807, 2.05) is 37.3 Å². The molecule has 2 bridgehead atoms. The zero-order valence-corrected chi connectivity index (χ0v) is 20.7. The van der Waals surface area contributed by atoms with Gasteiger partial charge in [0.2, 0.25) is 0 Å². The van der Waals surface area contributed by atoms with Crippen LogP contribution in [0.25, 0.3) is 0 Å². The fourth-order valence-electron chi connectivity index (χ4n) is 7.66. The van der Waals surface area contributed by atoms with E-state index in [1.54, 1.807) is 18.0 Å². The Balaban J connectivity index is 1.43. The zero-order valence-electron chi connectivity index (χ0n) is 20.7. The highest BCUT2D eigenvalue weighted by Gasteiger charge is 2.74. The lowest BCUT2D eigenvalue weighted by Crippen LogP contribution is -2.79. The molecule has 182 valence electrons. The van der Waals surface area contributed by atoms with Gasteiger partial charge in [0.25, 0.3) is 5.91 Å². The van der Waals surface area contributed by atoms with Gasteiger partial charge in [-0.3, -0.25) is 4.79 Å². The van der Waals surface area contributed by atoms with Crippen LogP contribution in [0.15, 0.2) is 36.4 Å². The summed E-state index contributed by atoms with van der Waals surface area (Å²) < 4.78 is 6.57. The summed E-state index contributed by atoms with van der Waals surface area (Å²) in [6.07, 6.45) is 1.54. The van der Waals surface area contributed by atoms with E-state index in [2.05, 4.69) is 30.7 Å². The monoisotopic (exact) mass is 472 g/mol. The Labute approximate surface area is 206 Å². The third-order valence-corrected chi connectivity index (χ3v) is 9.15. The van der Waals surface area contributed by atoms with Crippen molar-refractivity contribution in [1.82, 2.24) is 9.80 Å². The lowest BCUT2D eigenvalue weighted by Gasteiger charge is -2.65. The standard InChI is InChI=1S/C29H32N2O4/c1-17-6-5-7-19(14-17)8-11-23(33)31(4)25-18(2)16-29(34)22-15-20-9-10-21(32)26-24(20)28(29,27(25)35-26)12-13-30(22)3/h5-7,9-10,14,18,22,25,27,32,34H,12-13,15-16H2,1-4H3/t18-,22+,25+,27-,28-,29+/m0/s1. The number of phenols is 1. The lowest BCUT2D eigenvalue weighted by atomic mass is 9.47. The van der Waals surface area contributed by atoms with Crippen LogP contribution in [0.1, 0.15) is 42.0 Å². The molecule has 2 aromatic rings. The lowest BCUT2D eigenvalue weighted by molar-refractivity contribution is -0.208. The molecule has 35 heavy (non-hydrogen) atoms. The van der Waals surface area contributed by atoms with E-state index in [4.69, 9.17) is 4.74 Å². The number of carbonyl (C=O) groups excluding carboxylic acids is 1. The third-order valence-electron chi connectivity index (χ3n) is 9.15. The minimum atomic E-state index is -0.996. The number of piperidine rings is 1. The van der Waals surface area contributed by atoms with Gasteiger partial charge in [-0.2, -0.15) is 0 Å². The molecule has 0 aromatic heterocycles. The van der Waals surface area contributed by atoms with Crippen molar-refractivity contribution in [3.63, 3.8) is 0 Å². The number of hydrogen-bond acceptors (Lipinski definition) is 5. The van der Waals surface area contributed by atoms with Crippen molar-refractivity contribution < 1.29 is 19.7 Å². The predicted molar refractivity (Wildman–Crippen MR) is 132 cm³/mol. The van der Waals surface area contributed by atoms with Crippen molar-refractivity contribution in [3.8, 4) is 23.3 Å². The number of ether oxygens (including phenoxy) is 1. The molecule has 4 aliphatic rings. The first-order valence-corrected chi connectivity index (χ1v) is 12.5. The minimum absolute atomic E-state index is 0.0140. The number of rotatable bonds is 1. The van der Waals surface area contributed by atoms with Crippen LogP contribution in [0.4, 0.5) is 0 Å². The number of aryl methyl sites for hydroxylation is 1. The maximum absolute atomic E-state index is 13.3. The number of hydrogen-bond donors (Lipinski definition) is 2. The van der Waals surface area contributed by atoms with E-state index in [9.17, 15) is 15.0 Å². The number of nitrogens with zero attached hydrogens (tertiary/aromatic N) is 2. The normalized spacial score (nSPS) is 34.3. The maximum Gasteiger partial charge on any atom is 0.298 e. The van der Waals surface area contributed by atoms with Crippen LogP contribution in [0, 0.1) is 24.7 Å². The fourth-order valence-corrected chi connectivity index (χ4v) is 7.66. The van der Waals surface area contributed by atoms with E-state index in [-0.39, 0.29) is 29.7 Å². The first-order valence-electron chi connectivity index (χ1n) is 12.5. The highest BCUT2D eigenvalue weighted by atomic mass is 16.5. The van der Waals surface area contributed by atoms with Gasteiger partial charge in [0, 0.05) is 30.1 Å². The molecule has 2 heterocycles. The van der Waals surface area contributed by atoms with Gasteiger partial charge in [-0.05, 0) is 75.0 Å². The highest BCUT2D eigenvalue weighted by molar-refractivity contribution is 5.94. The molecule has 0 radical (unpaired) electrons. The van der Waals surface area contributed by atoms with Gasteiger partial charge in [-0.1, -0.05) is 31.0 Å². The van der Waals surface area contributed by atoms with Crippen LogP contribution < -0.4 is 4.74 Å². The molecule has 2 fully saturated rings. The Morgan fingerprint density at radius 2 is 2.09 bits per heavy atom. The topological polar surface area (TPSA) is 73.2 Å². The van der Waals surface area contributed by atoms with E-state index in [1.165, 1.54) is 0 Å². The molecule has 1 amide bonds. The Kier molecular flexibility index (Phi) is 4.81. The molecule has 0 unspecified atom stereocenters. The van der Waals surface area contributed by atoms with E-state index >= 15 is 0 Å². The largest absolute Gasteiger partial charge is 0.504 e. The predicted octanol–water partition coefficient (Wildman–Crippen LogP) is 2.61. The quantitative estimate of drug-likeness (QED) is 0.625. The Morgan fingerprint density at radius 1 is 1.29 bits per heavy atom. The van der Waals surface area contributed by atoms with Crippen LogP contribution in [0.5, 0.6) is 11.5 Å². The van der Waals surface area contributed by atoms with Gasteiger partial charge in [0.05, 0.1) is 17.1 Å². The summed E-state index contributed by atoms with van der Waals surface area (Å²) in [5.41, 5.74) is 2.33. The number of likely N-dealkylation sites (tertiary alicyclic amines) is 1. The number of phenolic OH excluding ortho intramolecular Hbond substituents is 1. The van der Waals surface area contributed by atoms with Crippen molar-refractivity contribution in [2.45, 2.75) is 62.3 Å². The van der Waals surface area contributed by atoms with Crippen LogP contribution in [-0.2, 0) is 16.6 Å². The summed E-state index contributed by atoms with van der Waals surface area (Å²) >= 11 is 0. The molecule has 6 atom stereocenters. The van der Waals surface area contributed by atoms with Gasteiger partial charge in [0.1, 0.15) is 6.10 Å². The molecule has 6 rings (SSSR count). The first kappa shape index (κ1) is 22.5. The van der Waals surface area contributed by atoms with Gasteiger partial charge in [-0.15, -0.1) is 0 Å². The highest BCUT2D eigenvalue weighted by Crippen LogP contribution is 2.66. The number of benzene rings is 2. The number of likely N-dealkylation sites (N-methyl/N-ethyl adjacent to an activating group) is 2. The smallest absolute Gasteiger partial charge is 0.298 e. The zero-order chi connectivity index (χ0) is 24.7.